The minimum absolute atomic E-state index is 0.357. The Hall–Kier alpha value is -2.34. The molecule has 2 aromatic rings. The van der Waals surface area contributed by atoms with Gasteiger partial charge in [-0.2, -0.15) is 5.10 Å². The summed E-state index contributed by atoms with van der Waals surface area (Å²) in [5.74, 6) is 0.357. The lowest BCUT2D eigenvalue weighted by Gasteiger charge is -2.07. The van der Waals surface area contributed by atoms with Gasteiger partial charge in [0, 0.05) is 23.3 Å². The van der Waals surface area contributed by atoms with Gasteiger partial charge in [0.2, 0.25) is 0 Å². The van der Waals surface area contributed by atoms with E-state index in [0.717, 1.165) is 21.2 Å². The van der Waals surface area contributed by atoms with E-state index < -0.39 is 0 Å². The molecule has 1 aromatic heterocycles. The van der Waals surface area contributed by atoms with Crippen molar-refractivity contribution in [2.75, 3.05) is 7.05 Å². The molecular weight excluding hydrogens is 342 g/mol. The van der Waals surface area contributed by atoms with Gasteiger partial charge in [-0.1, -0.05) is 22.0 Å². The fourth-order valence-corrected chi connectivity index (χ4v) is 2.73. The number of rotatable bonds is 2. The van der Waals surface area contributed by atoms with Crippen LogP contribution >= 0.6 is 15.9 Å². The third-order valence-electron chi connectivity index (χ3n) is 3.44. The van der Waals surface area contributed by atoms with Crippen molar-refractivity contribution in [3.05, 3.63) is 63.7 Å². The maximum Gasteiger partial charge on any atom is 0.150 e. The van der Waals surface area contributed by atoms with E-state index in [4.69, 9.17) is 5.41 Å². The summed E-state index contributed by atoms with van der Waals surface area (Å²) in [7, 11) is 1.76. The van der Waals surface area contributed by atoms with Gasteiger partial charge in [0.1, 0.15) is 12.0 Å². The van der Waals surface area contributed by atoms with Crippen LogP contribution in [0.1, 0.15) is 16.8 Å². The molecule has 22 heavy (non-hydrogen) atoms. The average Bonchev–Trinajstić information content (AvgIpc) is 2.79. The summed E-state index contributed by atoms with van der Waals surface area (Å²) in [5, 5.41) is 14.2. The van der Waals surface area contributed by atoms with Crippen LogP contribution < -0.4 is 0 Å². The van der Waals surface area contributed by atoms with E-state index >= 15 is 0 Å². The monoisotopic (exact) mass is 355 g/mol. The summed E-state index contributed by atoms with van der Waals surface area (Å²) in [5.41, 5.74) is 4.35. The number of nitrogens with zero attached hydrogens (tertiary/aromatic N) is 4. The van der Waals surface area contributed by atoms with Gasteiger partial charge in [0.15, 0.2) is 5.84 Å². The van der Waals surface area contributed by atoms with Gasteiger partial charge in [-0.25, -0.2) is 9.97 Å². The van der Waals surface area contributed by atoms with Crippen LogP contribution in [0.25, 0.3) is 6.08 Å². The Balaban J connectivity index is 2.09. The molecule has 6 heteroatoms. The van der Waals surface area contributed by atoms with Crippen LogP contribution in [0.5, 0.6) is 0 Å². The highest BCUT2D eigenvalue weighted by Crippen LogP contribution is 2.23. The standard InChI is InChI=1S/C16H14BrN5/c1-10-7-12(17)4-3-11(10)8-13-15(21-22(2)16(13)18)14-5-6-19-9-20-14/h3-9,18H,1-2H3/b13-8+,18-16?. The Bertz CT molecular complexity index is 795. The van der Waals surface area contributed by atoms with Gasteiger partial charge < -0.3 is 0 Å². The zero-order valence-electron chi connectivity index (χ0n) is 12.2. The number of aromatic nitrogens is 2. The molecule has 0 spiro atoms. The van der Waals surface area contributed by atoms with Crippen LogP contribution in [0.4, 0.5) is 0 Å². The number of hydrogen-bond acceptors (Lipinski definition) is 4. The second kappa shape index (κ2) is 5.81. The summed E-state index contributed by atoms with van der Waals surface area (Å²) < 4.78 is 1.04. The summed E-state index contributed by atoms with van der Waals surface area (Å²) in [4.78, 5) is 8.17. The van der Waals surface area contributed by atoms with Crippen molar-refractivity contribution in [2.45, 2.75) is 6.92 Å². The molecule has 1 aliphatic rings. The minimum atomic E-state index is 0.357. The zero-order chi connectivity index (χ0) is 15.7. The number of hydrazone groups is 1. The average molecular weight is 356 g/mol. The largest absolute Gasteiger partial charge is 0.283 e. The normalized spacial score (nSPS) is 16.3. The highest BCUT2D eigenvalue weighted by Gasteiger charge is 2.26. The second-order valence-electron chi connectivity index (χ2n) is 4.97. The molecule has 0 atom stereocenters. The molecule has 0 amide bonds. The van der Waals surface area contributed by atoms with Crippen molar-refractivity contribution in [1.29, 1.82) is 5.41 Å². The van der Waals surface area contributed by atoms with Crippen LogP contribution in [-0.4, -0.2) is 33.6 Å². The molecule has 0 aliphatic carbocycles. The molecule has 1 aliphatic heterocycles. The first kappa shape index (κ1) is 14.6. The van der Waals surface area contributed by atoms with E-state index in [-0.39, 0.29) is 0 Å². The fraction of sp³-hybridized carbons (Fsp3) is 0.125. The van der Waals surface area contributed by atoms with E-state index in [1.54, 1.807) is 24.3 Å². The second-order valence-corrected chi connectivity index (χ2v) is 5.89. The van der Waals surface area contributed by atoms with E-state index in [2.05, 4.69) is 37.1 Å². The molecule has 110 valence electrons. The Morgan fingerprint density at radius 3 is 2.77 bits per heavy atom. The topological polar surface area (TPSA) is 65.2 Å². The van der Waals surface area contributed by atoms with Crippen LogP contribution in [-0.2, 0) is 0 Å². The summed E-state index contributed by atoms with van der Waals surface area (Å²) in [6, 6.07) is 7.86. The van der Waals surface area contributed by atoms with Crippen LogP contribution in [0.3, 0.4) is 0 Å². The van der Waals surface area contributed by atoms with Crippen molar-refractivity contribution in [3.63, 3.8) is 0 Å². The predicted octanol–water partition coefficient (Wildman–Crippen LogP) is 3.26. The van der Waals surface area contributed by atoms with E-state index in [1.165, 1.54) is 6.33 Å². The van der Waals surface area contributed by atoms with Crippen LogP contribution in [0.2, 0.25) is 0 Å². The third kappa shape index (κ3) is 2.69. The molecule has 2 heterocycles. The third-order valence-corrected chi connectivity index (χ3v) is 3.93. The summed E-state index contributed by atoms with van der Waals surface area (Å²) >= 11 is 3.47. The van der Waals surface area contributed by atoms with Gasteiger partial charge in [0.05, 0.1) is 5.69 Å². The number of hydrogen-bond donors (Lipinski definition) is 1. The van der Waals surface area contributed by atoms with Gasteiger partial charge in [0.25, 0.3) is 0 Å². The van der Waals surface area contributed by atoms with Gasteiger partial charge in [-0.05, 0) is 42.3 Å². The number of likely N-dealkylation sites (N-methyl/N-ethyl adjacent to an activating group) is 1. The van der Waals surface area contributed by atoms with Gasteiger partial charge in [-0.15, -0.1) is 0 Å². The maximum atomic E-state index is 8.24. The zero-order valence-corrected chi connectivity index (χ0v) is 13.8. The van der Waals surface area contributed by atoms with Gasteiger partial charge in [-0.3, -0.25) is 10.4 Å². The Kier molecular flexibility index (Phi) is 3.85. The quantitative estimate of drug-likeness (QED) is 0.898. The van der Waals surface area contributed by atoms with E-state index in [1.807, 2.05) is 25.1 Å². The van der Waals surface area contributed by atoms with Crippen molar-refractivity contribution in [3.8, 4) is 0 Å². The molecule has 0 saturated heterocycles. The van der Waals surface area contributed by atoms with Crippen LogP contribution in [0.15, 0.2) is 51.9 Å². The minimum Gasteiger partial charge on any atom is -0.283 e. The Morgan fingerprint density at radius 2 is 2.09 bits per heavy atom. The van der Waals surface area contributed by atoms with E-state index in [0.29, 0.717) is 17.2 Å². The highest BCUT2D eigenvalue weighted by atomic mass is 79.9. The number of amidine groups is 1. The number of nitrogens with one attached hydrogen (secondary N) is 1. The summed E-state index contributed by atoms with van der Waals surface area (Å²) in [6.07, 6.45) is 5.14. The predicted molar refractivity (Wildman–Crippen MR) is 90.9 cm³/mol. The van der Waals surface area contributed by atoms with E-state index in [9.17, 15) is 0 Å². The maximum absolute atomic E-state index is 8.24. The molecular formula is C16H14BrN5. The van der Waals surface area contributed by atoms with Crippen LogP contribution in [0, 0.1) is 12.3 Å². The lowest BCUT2D eigenvalue weighted by Crippen LogP contribution is -2.16. The molecule has 3 rings (SSSR count). The lowest BCUT2D eigenvalue weighted by atomic mass is 10.0. The van der Waals surface area contributed by atoms with Gasteiger partial charge >= 0.3 is 0 Å². The van der Waals surface area contributed by atoms with Crippen molar-refractivity contribution in [2.24, 2.45) is 5.10 Å². The first-order chi connectivity index (χ1) is 10.6. The lowest BCUT2D eigenvalue weighted by molar-refractivity contribution is 0.556. The number of aryl methyl sites for hydroxylation is 1. The fourth-order valence-electron chi connectivity index (χ4n) is 2.25. The number of halogens is 1. The first-order valence-corrected chi connectivity index (χ1v) is 7.51. The molecule has 1 N–H and O–H groups in total. The molecule has 5 nitrogen and oxygen atoms in total. The highest BCUT2D eigenvalue weighted by molar-refractivity contribution is 9.10. The number of benzene rings is 1. The molecule has 1 aromatic carbocycles. The molecule has 0 bridgehead atoms. The van der Waals surface area contributed by atoms with Crippen molar-refractivity contribution in [1.82, 2.24) is 15.0 Å². The molecule has 0 saturated carbocycles. The van der Waals surface area contributed by atoms with Crippen molar-refractivity contribution < 1.29 is 0 Å². The molecule has 0 radical (unpaired) electrons. The Labute approximate surface area is 137 Å². The molecule has 0 unspecified atom stereocenters. The van der Waals surface area contributed by atoms with Crippen molar-refractivity contribution >= 4 is 33.6 Å². The summed E-state index contributed by atoms with van der Waals surface area (Å²) in [6.45, 7) is 2.04. The smallest absolute Gasteiger partial charge is 0.150 e. The Morgan fingerprint density at radius 1 is 1.27 bits per heavy atom. The first-order valence-electron chi connectivity index (χ1n) is 6.72. The molecule has 0 fully saturated rings. The SMILES string of the molecule is Cc1cc(Br)ccc1/C=C1/C(=N)N(C)N=C1c1ccncn1.